The summed E-state index contributed by atoms with van der Waals surface area (Å²) in [7, 11) is 0. The summed E-state index contributed by atoms with van der Waals surface area (Å²) in [5.41, 5.74) is 2.30. The summed E-state index contributed by atoms with van der Waals surface area (Å²) in [6, 6.07) is 13.7. The third-order valence-corrected chi connectivity index (χ3v) is 8.71. The second-order valence-corrected chi connectivity index (χ2v) is 11.7. The van der Waals surface area contributed by atoms with Crippen LogP contribution in [0.25, 0.3) is 5.69 Å². The molecular formula is C30H27Cl3N4O4. The lowest BCUT2D eigenvalue weighted by atomic mass is 9.84. The van der Waals surface area contributed by atoms with E-state index in [1.54, 1.807) is 41.1 Å². The number of rotatable bonds is 8. The predicted molar refractivity (Wildman–Crippen MR) is 158 cm³/mol. The van der Waals surface area contributed by atoms with E-state index in [9.17, 15) is 15.0 Å². The number of hydrogen-bond acceptors (Lipinski definition) is 6. The van der Waals surface area contributed by atoms with Crippen LogP contribution in [0.1, 0.15) is 58.8 Å². The largest absolute Gasteiger partial charge is 0.487 e. The first-order valence-corrected chi connectivity index (χ1v) is 14.5. The van der Waals surface area contributed by atoms with Crippen LogP contribution in [0.5, 0.6) is 5.75 Å². The first-order valence-electron chi connectivity index (χ1n) is 13.3. The predicted octanol–water partition coefficient (Wildman–Crippen LogP) is 6.87. The molecule has 8 nitrogen and oxygen atoms in total. The number of aromatic nitrogens is 3. The van der Waals surface area contributed by atoms with Crippen molar-refractivity contribution in [2.75, 3.05) is 18.0 Å². The van der Waals surface area contributed by atoms with E-state index in [2.05, 4.69) is 10.1 Å². The van der Waals surface area contributed by atoms with E-state index in [-0.39, 0.29) is 12.2 Å². The van der Waals surface area contributed by atoms with Gasteiger partial charge in [0.15, 0.2) is 0 Å². The van der Waals surface area contributed by atoms with Gasteiger partial charge in [-0.15, -0.1) is 0 Å². The molecule has 1 saturated heterocycles. The zero-order valence-electron chi connectivity index (χ0n) is 21.9. The quantitative estimate of drug-likeness (QED) is 0.224. The molecular weight excluding hydrogens is 587 g/mol. The van der Waals surface area contributed by atoms with Crippen molar-refractivity contribution in [1.29, 1.82) is 0 Å². The molecule has 2 aromatic heterocycles. The average Bonchev–Trinajstić information content (AvgIpc) is 3.72. The smallest absolute Gasteiger partial charge is 0.335 e. The number of aliphatic hydroxyl groups is 1. The van der Waals surface area contributed by atoms with E-state index in [1.165, 1.54) is 12.3 Å². The van der Waals surface area contributed by atoms with Crippen LogP contribution in [0.2, 0.25) is 15.1 Å². The van der Waals surface area contributed by atoms with Crippen molar-refractivity contribution in [2.24, 2.45) is 0 Å². The molecule has 41 heavy (non-hydrogen) atoms. The first-order chi connectivity index (χ1) is 19.7. The summed E-state index contributed by atoms with van der Waals surface area (Å²) in [4.78, 5) is 17.6. The standard InChI is InChI=1S/C30H27Cl3N4O4/c31-23-2-1-3-24(32)28(23)37-26(21(16-35-37)18-4-5-18)17-41-20-6-7-22(25(33)15-20)30(40)9-12-36(13-10-30)27-14-19(29(38)39)8-11-34-27/h1-3,6-8,11,14-16,18,40H,4-5,9-10,12-13,17H2,(H,38,39). The Morgan fingerprint density at radius 1 is 1.02 bits per heavy atom. The van der Waals surface area contributed by atoms with E-state index in [0.717, 1.165) is 24.1 Å². The van der Waals surface area contributed by atoms with Crippen LogP contribution in [-0.4, -0.2) is 44.0 Å². The highest BCUT2D eigenvalue weighted by atomic mass is 35.5. The Morgan fingerprint density at radius 3 is 2.41 bits per heavy atom. The second-order valence-electron chi connectivity index (χ2n) is 10.5. The first kappa shape index (κ1) is 27.8. The fourth-order valence-corrected chi connectivity index (χ4v) is 6.27. The molecule has 0 radical (unpaired) electrons. The Hall–Kier alpha value is -3.30. The zero-order valence-corrected chi connectivity index (χ0v) is 24.2. The van der Waals surface area contributed by atoms with E-state index in [0.29, 0.717) is 69.7 Å². The number of carboxylic acid groups (broad SMARTS) is 1. The summed E-state index contributed by atoms with van der Waals surface area (Å²) >= 11 is 19.7. The van der Waals surface area contributed by atoms with Crippen LogP contribution in [-0.2, 0) is 12.2 Å². The van der Waals surface area contributed by atoms with Crippen LogP contribution < -0.4 is 9.64 Å². The van der Waals surface area contributed by atoms with Crippen LogP contribution in [0.15, 0.2) is 60.9 Å². The number of halogens is 3. The molecule has 6 rings (SSSR count). The van der Waals surface area contributed by atoms with Gasteiger partial charge < -0.3 is 19.8 Å². The summed E-state index contributed by atoms with van der Waals surface area (Å²) in [5.74, 6) is 0.576. The number of benzene rings is 2. The minimum Gasteiger partial charge on any atom is -0.487 e. The molecule has 2 aromatic carbocycles. The molecule has 4 aromatic rings. The molecule has 0 atom stereocenters. The number of hydrogen-bond donors (Lipinski definition) is 2. The van der Waals surface area contributed by atoms with E-state index < -0.39 is 11.6 Å². The third-order valence-electron chi connectivity index (χ3n) is 7.79. The maximum atomic E-state index is 11.5. The highest BCUT2D eigenvalue weighted by molar-refractivity contribution is 6.37. The number of aromatic carboxylic acids is 1. The minimum atomic E-state index is -1.13. The number of carboxylic acids is 1. The number of para-hydroxylation sites is 1. The molecule has 11 heteroatoms. The number of anilines is 1. The molecule has 3 heterocycles. The van der Waals surface area contributed by atoms with Crippen molar-refractivity contribution >= 4 is 46.6 Å². The van der Waals surface area contributed by atoms with Gasteiger partial charge in [0.05, 0.1) is 38.1 Å². The molecule has 1 saturated carbocycles. The van der Waals surface area contributed by atoms with Gasteiger partial charge in [-0.25, -0.2) is 14.5 Å². The number of nitrogens with zero attached hydrogens (tertiary/aromatic N) is 4. The van der Waals surface area contributed by atoms with Crippen molar-refractivity contribution in [3.8, 4) is 11.4 Å². The Morgan fingerprint density at radius 2 is 1.76 bits per heavy atom. The topological polar surface area (TPSA) is 101 Å². The van der Waals surface area contributed by atoms with Crippen molar-refractivity contribution in [3.63, 3.8) is 0 Å². The van der Waals surface area contributed by atoms with Gasteiger partial charge in [-0.05, 0) is 68.0 Å². The lowest BCUT2D eigenvalue weighted by Crippen LogP contribution is -2.43. The maximum absolute atomic E-state index is 11.5. The fourth-order valence-electron chi connectivity index (χ4n) is 5.36. The van der Waals surface area contributed by atoms with Crippen LogP contribution >= 0.6 is 34.8 Å². The van der Waals surface area contributed by atoms with Crippen molar-refractivity contribution in [3.05, 3.63) is 98.4 Å². The molecule has 0 bridgehead atoms. The average molecular weight is 614 g/mol. The molecule has 212 valence electrons. The highest BCUT2D eigenvalue weighted by Crippen LogP contribution is 2.43. The lowest BCUT2D eigenvalue weighted by Gasteiger charge is -2.39. The van der Waals surface area contributed by atoms with E-state index in [4.69, 9.17) is 39.5 Å². The van der Waals surface area contributed by atoms with Crippen molar-refractivity contribution in [1.82, 2.24) is 14.8 Å². The maximum Gasteiger partial charge on any atom is 0.335 e. The van der Waals surface area contributed by atoms with E-state index in [1.807, 2.05) is 17.2 Å². The van der Waals surface area contributed by atoms with Crippen molar-refractivity contribution in [2.45, 2.75) is 43.8 Å². The number of ether oxygens (including phenoxy) is 1. The van der Waals surface area contributed by atoms with Gasteiger partial charge in [0.25, 0.3) is 0 Å². The summed E-state index contributed by atoms with van der Waals surface area (Å²) < 4.78 is 7.95. The summed E-state index contributed by atoms with van der Waals surface area (Å²) in [6.45, 7) is 1.24. The van der Waals surface area contributed by atoms with Gasteiger partial charge in [0.2, 0.25) is 0 Å². The molecule has 1 aliphatic carbocycles. The monoisotopic (exact) mass is 612 g/mol. The summed E-state index contributed by atoms with van der Waals surface area (Å²) in [6.07, 6.45) is 6.38. The van der Waals surface area contributed by atoms with Crippen LogP contribution in [0, 0.1) is 0 Å². The number of piperidine rings is 1. The van der Waals surface area contributed by atoms with Gasteiger partial charge in [-0.2, -0.15) is 5.10 Å². The van der Waals surface area contributed by atoms with Crippen molar-refractivity contribution < 1.29 is 19.7 Å². The molecule has 1 aliphatic heterocycles. The van der Waals surface area contributed by atoms with Crippen LogP contribution in [0.3, 0.4) is 0 Å². The van der Waals surface area contributed by atoms with Crippen LogP contribution in [0.4, 0.5) is 5.82 Å². The Labute approximate surface area is 252 Å². The number of pyridine rings is 1. The Kier molecular flexibility index (Phi) is 7.59. The highest BCUT2D eigenvalue weighted by Gasteiger charge is 2.36. The molecule has 0 spiro atoms. The Bertz CT molecular complexity index is 1590. The van der Waals surface area contributed by atoms with Gasteiger partial charge in [0.1, 0.15) is 23.9 Å². The summed E-state index contributed by atoms with van der Waals surface area (Å²) in [5, 5.41) is 26.8. The molecule has 2 aliphatic rings. The molecule has 2 N–H and O–H groups in total. The minimum absolute atomic E-state index is 0.178. The van der Waals surface area contributed by atoms with Gasteiger partial charge in [-0.1, -0.05) is 46.9 Å². The number of carbonyl (C=O) groups is 1. The zero-order chi connectivity index (χ0) is 28.7. The van der Waals surface area contributed by atoms with Gasteiger partial charge in [-0.3, -0.25) is 0 Å². The fraction of sp³-hybridized carbons (Fsp3) is 0.300. The Balaban J connectivity index is 1.17. The lowest BCUT2D eigenvalue weighted by molar-refractivity contribution is 0.0117. The molecule has 0 amide bonds. The van der Waals surface area contributed by atoms with Gasteiger partial charge in [0, 0.05) is 30.4 Å². The normalized spacial score (nSPS) is 16.5. The third kappa shape index (κ3) is 5.62. The molecule has 2 fully saturated rings. The SMILES string of the molecule is O=C(O)c1ccnc(N2CCC(O)(c3ccc(OCc4c(C5CC5)cnn4-c4c(Cl)cccc4Cl)cc3Cl)CC2)c1. The second kappa shape index (κ2) is 11.2. The molecule has 0 unspecified atom stereocenters. The van der Waals surface area contributed by atoms with Gasteiger partial charge >= 0.3 is 5.97 Å². The van der Waals surface area contributed by atoms with E-state index >= 15 is 0 Å².